The standard InChI is InChI=1S/C20H24N4OS/c1-13-6-8-14(9-7-13)15-11-26-19-17(15)18(21-12-22-19)24(5)10-16(25)23-20(2,3)4/h6-9,11-12H,10H2,1-5H3,(H,23,25). The molecular formula is C20H24N4OS. The van der Waals surface area contributed by atoms with Crippen LogP contribution >= 0.6 is 11.3 Å². The number of carbonyl (C=O) groups is 1. The molecule has 6 heteroatoms. The number of benzene rings is 1. The van der Waals surface area contributed by atoms with Gasteiger partial charge >= 0.3 is 0 Å². The number of nitrogens with one attached hydrogen (secondary N) is 1. The zero-order valence-corrected chi connectivity index (χ0v) is 16.6. The molecule has 0 bridgehead atoms. The van der Waals surface area contributed by atoms with Crippen LogP contribution in [0.5, 0.6) is 0 Å². The first-order chi connectivity index (χ1) is 12.2. The van der Waals surface area contributed by atoms with E-state index in [4.69, 9.17) is 0 Å². The minimum Gasteiger partial charge on any atom is -0.350 e. The second-order valence-electron chi connectivity index (χ2n) is 7.55. The maximum atomic E-state index is 12.3. The maximum absolute atomic E-state index is 12.3. The molecule has 0 atom stereocenters. The molecule has 0 aliphatic rings. The lowest BCUT2D eigenvalue weighted by atomic mass is 10.0. The summed E-state index contributed by atoms with van der Waals surface area (Å²) in [5, 5.41) is 6.09. The Kier molecular flexibility index (Phi) is 4.96. The van der Waals surface area contributed by atoms with Gasteiger partial charge in [-0.2, -0.15) is 0 Å². The van der Waals surface area contributed by atoms with E-state index in [9.17, 15) is 4.79 Å². The molecule has 0 fully saturated rings. The highest BCUT2D eigenvalue weighted by Gasteiger charge is 2.19. The van der Waals surface area contributed by atoms with Gasteiger partial charge in [0.25, 0.3) is 0 Å². The van der Waals surface area contributed by atoms with Crippen molar-refractivity contribution in [2.75, 3.05) is 18.5 Å². The molecule has 1 amide bonds. The molecule has 2 heterocycles. The summed E-state index contributed by atoms with van der Waals surface area (Å²) >= 11 is 1.60. The van der Waals surface area contributed by atoms with Gasteiger partial charge in [-0.05, 0) is 33.3 Å². The molecule has 0 unspecified atom stereocenters. The van der Waals surface area contributed by atoms with Crippen LogP contribution in [0.3, 0.4) is 0 Å². The number of aromatic nitrogens is 2. The number of anilines is 1. The highest BCUT2D eigenvalue weighted by atomic mass is 32.1. The molecule has 1 N–H and O–H groups in total. The van der Waals surface area contributed by atoms with Crippen molar-refractivity contribution in [2.24, 2.45) is 0 Å². The average Bonchev–Trinajstić information content (AvgIpc) is 2.97. The van der Waals surface area contributed by atoms with Gasteiger partial charge in [-0.3, -0.25) is 4.79 Å². The van der Waals surface area contributed by atoms with E-state index in [-0.39, 0.29) is 18.0 Å². The Hall–Kier alpha value is -2.47. The van der Waals surface area contributed by atoms with Crippen LogP contribution in [0, 0.1) is 6.92 Å². The van der Waals surface area contributed by atoms with Crippen molar-refractivity contribution >= 4 is 33.3 Å². The molecule has 136 valence electrons. The van der Waals surface area contributed by atoms with Crippen molar-refractivity contribution in [1.29, 1.82) is 0 Å². The van der Waals surface area contributed by atoms with Crippen LogP contribution in [0.15, 0.2) is 36.0 Å². The minimum absolute atomic E-state index is 0.0288. The van der Waals surface area contributed by atoms with Crippen molar-refractivity contribution in [3.8, 4) is 11.1 Å². The SMILES string of the molecule is Cc1ccc(-c2csc3ncnc(N(C)CC(=O)NC(C)(C)C)c23)cc1. The number of nitrogens with zero attached hydrogens (tertiary/aromatic N) is 3. The summed E-state index contributed by atoms with van der Waals surface area (Å²) in [7, 11) is 1.89. The number of hydrogen-bond donors (Lipinski definition) is 1. The lowest BCUT2D eigenvalue weighted by Crippen LogP contribution is -2.45. The van der Waals surface area contributed by atoms with Gasteiger partial charge in [-0.1, -0.05) is 29.8 Å². The molecule has 0 saturated carbocycles. The maximum Gasteiger partial charge on any atom is 0.239 e. The molecule has 0 radical (unpaired) electrons. The number of hydrogen-bond acceptors (Lipinski definition) is 5. The highest BCUT2D eigenvalue weighted by Crippen LogP contribution is 2.37. The van der Waals surface area contributed by atoms with E-state index in [0.717, 1.165) is 27.2 Å². The van der Waals surface area contributed by atoms with Gasteiger partial charge in [0, 0.05) is 23.5 Å². The topological polar surface area (TPSA) is 58.1 Å². The molecule has 3 aromatic rings. The molecule has 0 spiro atoms. The summed E-state index contributed by atoms with van der Waals surface area (Å²) in [6, 6.07) is 8.42. The quantitative estimate of drug-likeness (QED) is 0.756. The Morgan fingerprint density at radius 3 is 2.54 bits per heavy atom. The second kappa shape index (κ2) is 7.03. The number of carbonyl (C=O) groups excluding carboxylic acids is 1. The Morgan fingerprint density at radius 1 is 1.19 bits per heavy atom. The number of amides is 1. The Balaban J connectivity index is 1.97. The summed E-state index contributed by atoms with van der Waals surface area (Å²) in [6.45, 7) is 8.24. The van der Waals surface area contributed by atoms with Gasteiger partial charge in [0.05, 0.1) is 11.9 Å². The van der Waals surface area contributed by atoms with Gasteiger partial charge in [-0.15, -0.1) is 11.3 Å². The largest absolute Gasteiger partial charge is 0.350 e. The van der Waals surface area contributed by atoms with Crippen LogP contribution in [-0.2, 0) is 4.79 Å². The van der Waals surface area contributed by atoms with E-state index in [1.54, 1.807) is 17.7 Å². The van der Waals surface area contributed by atoms with Gasteiger partial charge in [0.1, 0.15) is 17.0 Å². The molecule has 5 nitrogen and oxygen atoms in total. The third-order valence-electron chi connectivity index (χ3n) is 3.97. The Morgan fingerprint density at radius 2 is 1.88 bits per heavy atom. The van der Waals surface area contributed by atoms with E-state index in [1.165, 1.54) is 5.56 Å². The van der Waals surface area contributed by atoms with Gasteiger partial charge in [0.2, 0.25) is 5.91 Å². The first-order valence-corrected chi connectivity index (χ1v) is 9.44. The monoisotopic (exact) mass is 368 g/mol. The number of rotatable bonds is 4. The number of aryl methyl sites for hydroxylation is 1. The molecule has 1 aromatic carbocycles. The zero-order valence-electron chi connectivity index (χ0n) is 15.8. The highest BCUT2D eigenvalue weighted by molar-refractivity contribution is 7.17. The Bertz CT molecular complexity index is 925. The molecule has 26 heavy (non-hydrogen) atoms. The third-order valence-corrected chi connectivity index (χ3v) is 4.86. The minimum atomic E-state index is -0.256. The molecule has 0 aliphatic carbocycles. The van der Waals surface area contributed by atoms with Gasteiger partial charge in [-0.25, -0.2) is 9.97 Å². The van der Waals surface area contributed by atoms with Crippen molar-refractivity contribution in [3.63, 3.8) is 0 Å². The molecule has 2 aromatic heterocycles. The van der Waals surface area contributed by atoms with Crippen LogP contribution in [-0.4, -0.2) is 35.0 Å². The molecule has 0 saturated heterocycles. The summed E-state index contributed by atoms with van der Waals surface area (Å²) in [6.07, 6.45) is 1.56. The van der Waals surface area contributed by atoms with Gasteiger partial charge in [0.15, 0.2) is 0 Å². The van der Waals surface area contributed by atoms with Crippen LogP contribution in [0.2, 0.25) is 0 Å². The first kappa shape index (κ1) is 18.3. The van der Waals surface area contributed by atoms with E-state index in [2.05, 4.69) is 51.9 Å². The van der Waals surface area contributed by atoms with E-state index in [0.29, 0.717) is 0 Å². The van der Waals surface area contributed by atoms with Crippen LogP contribution < -0.4 is 10.2 Å². The number of likely N-dealkylation sites (N-methyl/N-ethyl adjacent to an activating group) is 1. The van der Waals surface area contributed by atoms with Crippen molar-refractivity contribution in [2.45, 2.75) is 33.2 Å². The van der Waals surface area contributed by atoms with E-state index >= 15 is 0 Å². The molecule has 0 aliphatic heterocycles. The summed E-state index contributed by atoms with van der Waals surface area (Å²) in [5.74, 6) is 0.745. The van der Waals surface area contributed by atoms with E-state index < -0.39 is 0 Å². The predicted octanol–water partition coefficient (Wildman–Crippen LogP) is 4.02. The fraction of sp³-hybridized carbons (Fsp3) is 0.350. The number of fused-ring (bicyclic) bond motifs is 1. The fourth-order valence-electron chi connectivity index (χ4n) is 2.84. The van der Waals surface area contributed by atoms with Crippen molar-refractivity contribution < 1.29 is 4.79 Å². The van der Waals surface area contributed by atoms with Crippen LogP contribution in [0.25, 0.3) is 21.3 Å². The van der Waals surface area contributed by atoms with Gasteiger partial charge < -0.3 is 10.2 Å². The van der Waals surface area contributed by atoms with Crippen LogP contribution in [0.1, 0.15) is 26.3 Å². The smallest absolute Gasteiger partial charge is 0.239 e. The number of thiophene rings is 1. The van der Waals surface area contributed by atoms with Crippen molar-refractivity contribution in [3.05, 3.63) is 41.5 Å². The molecular weight excluding hydrogens is 344 g/mol. The summed E-state index contributed by atoms with van der Waals surface area (Å²) < 4.78 is 0. The zero-order chi connectivity index (χ0) is 18.9. The second-order valence-corrected chi connectivity index (χ2v) is 8.41. The first-order valence-electron chi connectivity index (χ1n) is 8.56. The van der Waals surface area contributed by atoms with Crippen molar-refractivity contribution in [1.82, 2.24) is 15.3 Å². The lowest BCUT2D eigenvalue weighted by Gasteiger charge is -2.24. The van der Waals surface area contributed by atoms with E-state index in [1.807, 2.05) is 32.7 Å². The fourth-order valence-corrected chi connectivity index (χ4v) is 3.75. The lowest BCUT2D eigenvalue weighted by molar-refractivity contribution is -0.121. The van der Waals surface area contributed by atoms with Crippen LogP contribution in [0.4, 0.5) is 5.82 Å². The summed E-state index contributed by atoms with van der Waals surface area (Å²) in [4.78, 5) is 24.0. The summed E-state index contributed by atoms with van der Waals surface area (Å²) in [5.41, 5.74) is 3.20. The predicted molar refractivity (Wildman–Crippen MR) is 109 cm³/mol. The molecule has 3 rings (SSSR count). The third kappa shape index (κ3) is 4.02. The average molecular weight is 369 g/mol. The Labute approximate surface area is 158 Å². The normalized spacial score (nSPS) is 11.6.